The fourth-order valence-corrected chi connectivity index (χ4v) is 3.52. The Balaban J connectivity index is 1.57. The molecular weight excluding hydrogens is 340 g/mol. The molecule has 144 valence electrons. The molecule has 2 heterocycles. The molecule has 6 nitrogen and oxygen atoms in total. The molecule has 27 heavy (non-hydrogen) atoms. The van der Waals surface area contributed by atoms with Crippen LogP contribution in [-0.2, 0) is 17.8 Å². The summed E-state index contributed by atoms with van der Waals surface area (Å²) in [5, 5.41) is 5.92. The Hall–Kier alpha value is -2.60. The van der Waals surface area contributed by atoms with Crippen molar-refractivity contribution in [1.29, 1.82) is 0 Å². The molecule has 1 aromatic carbocycles. The first-order valence-corrected chi connectivity index (χ1v) is 9.39. The van der Waals surface area contributed by atoms with Gasteiger partial charge in [0.15, 0.2) is 0 Å². The Labute approximate surface area is 160 Å². The van der Waals surface area contributed by atoms with Crippen molar-refractivity contribution in [2.75, 3.05) is 31.2 Å². The van der Waals surface area contributed by atoms with E-state index >= 15 is 0 Å². The first-order chi connectivity index (χ1) is 13.0. The number of morpholine rings is 1. The van der Waals surface area contributed by atoms with E-state index in [1.54, 1.807) is 6.20 Å². The van der Waals surface area contributed by atoms with E-state index in [1.165, 1.54) is 22.3 Å². The lowest BCUT2D eigenvalue weighted by molar-refractivity contribution is 0.122. The number of pyridine rings is 1. The molecule has 0 unspecified atom stereocenters. The zero-order valence-corrected chi connectivity index (χ0v) is 16.3. The monoisotopic (exact) mass is 368 g/mol. The van der Waals surface area contributed by atoms with Crippen molar-refractivity contribution in [1.82, 2.24) is 15.6 Å². The molecule has 0 aliphatic carbocycles. The minimum absolute atomic E-state index is 0.175. The highest BCUT2D eigenvalue weighted by Gasteiger charge is 2.16. The fourth-order valence-electron chi connectivity index (χ4n) is 3.52. The minimum Gasteiger partial charge on any atom is -0.378 e. The molecule has 0 bridgehead atoms. The highest BCUT2D eigenvalue weighted by Crippen LogP contribution is 2.18. The number of benzene rings is 1. The summed E-state index contributed by atoms with van der Waals surface area (Å²) in [6, 6.07) is 8.02. The van der Waals surface area contributed by atoms with Crippen LogP contribution in [0.2, 0.25) is 0 Å². The maximum absolute atomic E-state index is 12.3. The zero-order valence-electron chi connectivity index (χ0n) is 16.3. The third-order valence-corrected chi connectivity index (χ3v) is 4.88. The van der Waals surface area contributed by atoms with E-state index in [4.69, 9.17) is 4.74 Å². The van der Waals surface area contributed by atoms with Gasteiger partial charge in [0, 0.05) is 37.9 Å². The van der Waals surface area contributed by atoms with Crippen molar-refractivity contribution < 1.29 is 9.53 Å². The Morgan fingerprint density at radius 3 is 2.48 bits per heavy atom. The van der Waals surface area contributed by atoms with E-state index in [0.717, 1.165) is 24.5 Å². The topological polar surface area (TPSA) is 66.5 Å². The average molecular weight is 368 g/mol. The number of nitrogens with one attached hydrogen (secondary N) is 2. The first-order valence-electron chi connectivity index (χ1n) is 9.39. The number of hydrogen-bond donors (Lipinski definition) is 2. The van der Waals surface area contributed by atoms with Crippen molar-refractivity contribution in [3.8, 4) is 0 Å². The molecule has 2 N–H and O–H groups in total. The van der Waals surface area contributed by atoms with Crippen LogP contribution in [0.25, 0.3) is 0 Å². The third-order valence-electron chi connectivity index (χ3n) is 4.88. The second kappa shape index (κ2) is 8.86. The number of carbonyl (C=O) groups excluding carboxylic acids is 1. The number of carbonyl (C=O) groups is 1. The molecule has 2 amide bonds. The van der Waals surface area contributed by atoms with Crippen LogP contribution < -0.4 is 15.5 Å². The normalized spacial score (nSPS) is 14.1. The van der Waals surface area contributed by atoms with Crippen LogP contribution in [-0.4, -0.2) is 37.3 Å². The molecule has 0 saturated carbocycles. The van der Waals surface area contributed by atoms with Gasteiger partial charge < -0.3 is 20.3 Å². The lowest BCUT2D eigenvalue weighted by Gasteiger charge is -2.29. The summed E-state index contributed by atoms with van der Waals surface area (Å²) in [5.41, 5.74) is 5.83. The predicted octanol–water partition coefficient (Wildman–Crippen LogP) is 2.84. The number of nitrogens with zero attached hydrogens (tertiary/aromatic N) is 2. The van der Waals surface area contributed by atoms with Crippen LogP contribution in [0.5, 0.6) is 0 Å². The van der Waals surface area contributed by atoms with Gasteiger partial charge in [-0.1, -0.05) is 23.8 Å². The largest absolute Gasteiger partial charge is 0.378 e. The SMILES string of the molecule is Cc1cc(C)c(CNC(=O)NCc2cccnc2N2CCOCC2)c(C)c1. The van der Waals surface area contributed by atoms with Crippen molar-refractivity contribution in [2.45, 2.75) is 33.9 Å². The van der Waals surface area contributed by atoms with Crippen LogP contribution in [0.4, 0.5) is 10.6 Å². The standard InChI is InChI=1S/C21H28N4O2/c1-15-11-16(2)19(17(3)12-15)14-24-21(26)23-13-18-5-4-6-22-20(18)25-7-9-27-10-8-25/h4-6,11-12H,7-10,13-14H2,1-3H3,(H2,23,24,26). The lowest BCUT2D eigenvalue weighted by atomic mass is 10.00. The molecule has 2 aromatic rings. The van der Waals surface area contributed by atoms with Gasteiger partial charge in [-0.3, -0.25) is 0 Å². The summed E-state index contributed by atoms with van der Waals surface area (Å²) >= 11 is 0. The number of amides is 2. The van der Waals surface area contributed by atoms with Crippen molar-refractivity contribution in [2.24, 2.45) is 0 Å². The summed E-state index contributed by atoms with van der Waals surface area (Å²) in [6.07, 6.45) is 1.79. The minimum atomic E-state index is -0.175. The fraction of sp³-hybridized carbons (Fsp3) is 0.429. The Kier molecular flexibility index (Phi) is 6.29. The molecule has 1 aliphatic rings. The van der Waals surface area contributed by atoms with Gasteiger partial charge in [0.2, 0.25) is 0 Å². The second-order valence-corrected chi connectivity index (χ2v) is 7.00. The number of rotatable bonds is 5. The van der Waals surface area contributed by atoms with Crippen molar-refractivity contribution >= 4 is 11.8 Å². The molecule has 1 fully saturated rings. The second-order valence-electron chi connectivity index (χ2n) is 7.00. The number of aromatic nitrogens is 1. The van der Waals surface area contributed by atoms with Gasteiger partial charge in [-0.05, 0) is 43.5 Å². The summed E-state index contributed by atoms with van der Waals surface area (Å²) in [7, 11) is 0. The van der Waals surface area contributed by atoms with E-state index < -0.39 is 0 Å². The Morgan fingerprint density at radius 1 is 1.11 bits per heavy atom. The summed E-state index contributed by atoms with van der Waals surface area (Å²) in [5.74, 6) is 0.923. The van der Waals surface area contributed by atoms with Gasteiger partial charge in [-0.2, -0.15) is 0 Å². The molecular formula is C21H28N4O2. The van der Waals surface area contributed by atoms with E-state index in [-0.39, 0.29) is 6.03 Å². The van der Waals surface area contributed by atoms with Crippen molar-refractivity contribution in [3.63, 3.8) is 0 Å². The van der Waals surface area contributed by atoms with Gasteiger partial charge in [0.1, 0.15) is 5.82 Å². The van der Waals surface area contributed by atoms with Crippen molar-refractivity contribution in [3.05, 3.63) is 58.3 Å². The highest BCUT2D eigenvalue weighted by molar-refractivity contribution is 5.74. The average Bonchev–Trinajstić information content (AvgIpc) is 2.66. The van der Waals surface area contributed by atoms with Crippen LogP contribution in [0.3, 0.4) is 0 Å². The molecule has 0 spiro atoms. The molecule has 1 aromatic heterocycles. The van der Waals surface area contributed by atoms with E-state index in [1.807, 2.05) is 12.1 Å². The molecule has 0 atom stereocenters. The summed E-state index contributed by atoms with van der Waals surface area (Å²) in [6.45, 7) is 10.3. The molecule has 6 heteroatoms. The molecule has 1 aliphatic heterocycles. The smallest absolute Gasteiger partial charge is 0.315 e. The Bertz CT molecular complexity index is 778. The van der Waals surface area contributed by atoms with Gasteiger partial charge in [0.25, 0.3) is 0 Å². The van der Waals surface area contributed by atoms with E-state index in [0.29, 0.717) is 26.3 Å². The van der Waals surface area contributed by atoms with Gasteiger partial charge >= 0.3 is 6.03 Å². The summed E-state index contributed by atoms with van der Waals surface area (Å²) in [4.78, 5) is 19.0. The highest BCUT2D eigenvalue weighted by atomic mass is 16.5. The maximum Gasteiger partial charge on any atom is 0.315 e. The molecule has 3 rings (SSSR count). The zero-order chi connectivity index (χ0) is 19.2. The number of hydrogen-bond acceptors (Lipinski definition) is 4. The third kappa shape index (κ3) is 4.98. The number of ether oxygens (including phenoxy) is 1. The predicted molar refractivity (Wildman–Crippen MR) is 107 cm³/mol. The Morgan fingerprint density at radius 2 is 1.78 bits per heavy atom. The van der Waals surface area contributed by atoms with Crippen LogP contribution in [0.15, 0.2) is 30.5 Å². The maximum atomic E-state index is 12.3. The number of anilines is 1. The first kappa shape index (κ1) is 19.2. The van der Waals surface area contributed by atoms with Crippen LogP contribution >= 0.6 is 0 Å². The van der Waals surface area contributed by atoms with Gasteiger partial charge in [-0.25, -0.2) is 9.78 Å². The quantitative estimate of drug-likeness (QED) is 0.852. The van der Waals surface area contributed by atoms with E-state index in [2.05, 4.69) is 53.4 Å². The van der Waals surface area contributed by atoms with E-state index in [9.17, 15) is 4.79 Å². The molecule has 0 radical (unpaired) electrons. The van der Waals surface area contributed by atoms with Crippen LogP contribution in [0.1, 0.15) is 27.8 Å². The van der Waals surface area contributed by atoms with Gasteiger partial charge in [0.05, 0.1) is 13.2 Å². The van der Waals surface area contributed by atoms with Crippen LogP contribution in [0, 0.1) is 20.8 Å². The number of aryl methyl sites for hydroxylation is 3. The lowest BCUT2D eigenvalue weighted by Crippen LogP contribution is -2.38. The summed E-state index contributed by atoms with van der Waals surface area (Å²) < 4.78 is 5.41. The van der Waals surface area contributed by atoms with Gasteiger partial charge in [-0.15, -0.1) is 0 Å². The molecule has 1 saturated heterocycles. The number of urea groups is 1.